The van der Waals surface area contributed by atoms with Crippen molar-refractivity contribution in [2.24, 2.45) is 0 Å². The zero-order chi connectivity index (χ0) is 20.3. The summed E-state index contributed by atoms with van der Waals surface area (Å²) < 4.78 is 10.5. The summed E-state index contributed by atoms with van der Waals surface area (Å²) in [5.41, 5.74) is 1.05. The van der Waals surface area contributed by atoms with Gasteiger partial charge in [-0.3, -0.25) is 10.1 Å². The van der Waals surface area contributed by atoms with Gasteiger partial charge in [0.1, 0.15) is 17.8 Å². The molecule has 2 aromatic heterocycles. The third kappa shape index (κ3) is 3.93. The molecule has 146 valence electrons. The molecule has 0 aliphatic rings. The van der Waals surface area contributed by atoms with Gasteiger partial charge in [0.15, 0.2) is 5.13 Å². The van der Waals surface area contributed by atoms with Crippen molar-refractivity contribution in [3.63, 3.8) is 0 Å². The number of nitrogens with zero attached hydrogens (tertiary/aromatic N) is 4. The number of rotatable bonds is 7. The molecule has 0 aliphatic heterocycles. The third-order valence-electron chi connectivity index (χ3n) is 3.92. The number of nitro groups is 1. The van der Waals surface area contributed by atoms with Crippen molar-refractivity contribution in [3.8, 4) is 11.5 Å². The highest BCUT2D eigenvalue weighted by atomic mass is 32.1. The highest BCUT2D eigenvalue weighted by molar-refractivity contribution is 7.15. The second-order valence-corrected chi connectivity index (χ2v) is 6.86. The lowest BCUT2D eigenvalue weighted by Crippen LogP contribution is -2.06. The number of methoxy groups -OCH3 is 2. The molecule has 0 spiro atoms. The van der Waals surface area contributed by atoms with Gasteiger partial charge in [-0.05, 0) is 26.0 Å². The molecule has 0 radical (unpaired) electrons. The molecule has 0 atom stereocenters. The van der Waals surface area contributed by atoms with E-state index in [9.17, 15) is 10.1 Å². The van der Waals surface area contributed by atoms with E-state index in [1.165, 1.54) is 31.9 Å². The predicted molar refractivity (Wildman–Crippen MR) is 106 cm³/mol. The van der Waals surface area contributed by atoms with Crippen molar-refractivity contribution in [1.29, 1.82) is 0 Å². The maximum Gasteiger partial charge on any atom is 0.353 e. The van der Waals surface area contributed by atoms with Gasteiger partial charge in [0.2, 0.25) is 11.6 Å². The van der Waals surface area contributed by atoms with Crippen LogP contribution in [0.3, 0.4) is 0 Å². The van der Waals surface area contributed by atoms with Crippen molar-refractivity contribution in [2.75, 3.05) is 24.9 Å². The van der Waals surface area contributed by atoms with Gasteiger partial charge in [0.25, 0.3) is 0 Å². The average Bonchev–Trinajstić information content (AvgIpc) is 2.99. The third-order valence-corrected chi connectivity index (χ3v) is 4.91. The molecule has 0 unspecified atom stereocenters. The van der Waals surface area contributed by atoms with Crippen LogP contribution in [0.4, 0.5) is 28.1 Å². The van der Waals surface area contributed by atoms with Crippen molar-refractivity contribution < 1.29 is 14.4 Å². The highest BCUT2D eigenvalue weighted by Crippen LogP contribution is 2.37. The zero-order valence-corrected chi connectivity index (χ0v) is 16.5. The first-order valence-electron chi connectivity index (χ1n) is 8.12. The van der Waals surface area contributed by atoms with Crippen LogP contribution in [0, 0.1) is 24.0 Å². The number of hydrogen-bond acceptors (Lipinski definition) is 10. The lowest BCUT2D eigenvalue weighted by atomic mass is 10.2. The molecule has 0 aliphatic carbocycles. The number of aromatic nitrogens is 3. The standard InChI is InChI=1S/C17H18N6O4S/c1-9-10(2)28-17(20-9)22-16-14(23(24)25)15(18-8-19-16)21-12-6-5-11(26-3)7-13(12)27-4/h5-8H,1-4H3,(H2,18,19,20,21,22). The van der Waals surface area contributed by atoms with Crippen LogP contribution in [0.2, 0.25) is 0 Å². The minimum Gasteiger partial charge on any atom is -0.497 e. The van der Waals surface area contributed by atoms with Crippen LogP contribution in [0.5, 0.6) is 11.5 Å². The van der Waals surface area contributed by atoms with Crippen molar-refractivity contribution in [2.45, 2.75) is 13.8 Å². The monoisotopic (exact) mass is 402 g/mol. The molecule has 0 bridgehead atoms. The Labute approximate surface area is 164 Å². The van der Waals surface area contributed by atoms with Gasteiger partial charge < -0.3 is 20.1 Å². The van der Waals surface area contributed by atoms with Gasteiger partial charge in [-0.25, -0.2) is 15.0 Å². The first-order valence-corrected chi connectivity index (χ1v) is 8.94. The maximum atomic E-state index is 11.7. The zero-order valence-electron chi connectivity index (χ0n) is 15.6. The quantitative estimate of drug-likeness (QED) is 0.446. The maximum absolute atomic E-state index is 11.7. The minimum atomic E-state index is -0.548. The molecule has 11 heteroatoms. The van der Waals surface area contributed by atoms with E-state index >= 15 is 0 Å². The van der Waals surface area contributed by atoms with Gasteiger partial charge >= 0.3 is 5.69 Å². The molecular formula is C17H18N6O4S. The van der Waals surface area contributed by atoms with Gasteiger partial charge in [-0.2, -0.15) is 0 Å². The summed E-state index contributed by atoms with van der Waals surface area (Å²) in [6, 6.07) is 5.05. The number of benzene rings is 1. The van der Waals surface area contributed by atoms with E-state index in [1.54, 1.807) is 18.2 Å². The first-order chi connectivity index (χ1) is 13.4. The Morgan fingerprint density at radius 3 is 2.39 bits per heavy atom. The van der Waals surface area contributed by atoms with Crippen molar-refractivity contribution in [3.05, 3.63) is 45.2 Å². The molecule has 0 amide bonds. The van der Waals surface area contributed by atoms with E-state index in [0.29, 0.717) is 22.3 Å². The molecule has 1 aromatic carbocycles. The van der Waals surface area contributed by atoms with E-state index in [1.807, 2.05) is 13.8 Å². The van der Waals surface area contributed by atoms with Crippen LogP contribution in [-0.4, -0.2) is 34.1 Å². The van der Waals surface area contributed by atoms with Gasteiger partial charge in [-0.1, -0.05) is 0 Å². The van der Waals surface area contributed by atoms with Gasteiger partial charge in [0, 0.05) is 10.9 Å². The fraction of sp³-hybridized carbons (Fsp3) is 0.235. The summed E-state index contributed by atoms with van der Waals surface area (Å²) in [5.74, 6) is 1.11. The van der Waals surface area contributed by atoms with Crippen LogP contribution in [0.25, 0.3) is 0 Å². The molecule has 28 heavy (non-hydrogen) atoms. The number of nitrogens with one attached hydrogen (secondary N) is 2. The summed E-state index contributed by atoms with van der Waals surface area (Å²) >= 11 is 1.39. The SMILES string of the molecule is COc1ccc(Nc2ncnc(Nc3nc(C)c(C)s3)c2[N+](=O)[O-])c(OC)c1. The molecule has 3 aromatic rings. The van der Waals surface area contributed by atoms with Gasteiger partial charge in [0.05, 0.1) is 30.5 Å². The Morgan fingerprint density at radius 2 is 1.82 bits per heavy atom. The molecule has 0 fully saturated rings. The topological polar surface area (TPSA) is 124 Å². The minimum absolute atomic E-state index is 0.0240. The first kappa shape index (κ1) is 19.3. The Morgan fingerprint density at radius 1 is 1.11 bits per heavy atom. The Bertz CT molecular complexity index is 1000. The number of hydrogen-bond donors (Lipinski definition) is 2. The summed E-state index contributed by atoms with van der Waals surface area (Å²) in [5, 5.41) is 18.1. The largest absolute Gasteiger partial charge is 0.497 e. The van der Waals surface area contributed by atoms with E-state index in [2.05, 4.69) is 25.6 Å². The fourth-order valence-corrected chi connectivity index (χ4v) is 3.21. The fourth-order valence-electron chi connectivity index (χ4n) is 2.39. The van der Waals surface area contributed by atoms with Crippen LogP contribution < -0.4 is 20.1 Å². The summed E-state index contributed by atoms with van der Waals surface area (Å²) in [7, 11) is 3.03. The Kier molecular flexibility index (Phi) is 5.54. The number of thiazole rings is 1. The normalized spacial score (nSPS) is 10.4. The summed E-state index contributed by atoms with van der Waals surface area (Å²) in [6.07, 6.45) is 1.24. The molecule has 2 N–H and O–H groups in total. The number of ether oxygens (including phenoxy) is 2. The molecule has 0 saturated heterocycles. The van der Waals surface area contributed by atoms with Crippen molar-refractivity contribution in [1.82, 2.24) is 15.0 Å². The Hall–Kier alpha value is -3.47. The van der Waals surface area contributed by atoms with Crippen LogP contribution in [-0.2, 0) is 0 Å². The second kappa shape index (κ2) is 8.05. The van der Waals surface area contributed by atoms with E-state index in [-0.39, 0.29) is 17.3 Å². The number of aryl methyl sites for hydroxylation is 2. The molecule has 10 nitrogen and oxygen atoms in total. The summed E-state index contributed by atoms with van der Waals surface area (Å²) in [6.45, 7) is 3.80. The lowest BCUT2D eigenvalue weighted by molar-refractivity contribution is -0.383. The Balaban J connectivity index is 1.99. The smallest absolute Gasteiger partial charge is 0.353 e. The molecule has 0 saturated carbocycles. The van der Waals surface area contributed by atoms with Crippen LogP contribution in [0.1, 0.15) is 10.6 Å². The average molecular weight is 402 g/mol. The van der Waals surface area contributed by atoms with Crippen LogP contribution >= 0.6 is 11.3 Å². The van der Waals surface area contributed by atoms with Crippen LogP contribution in [0.15, 0.2) is 24.5 Å². The molecule has 3 rings (SSSR count). The van der Waals surface area contributed by atoms with E-state index < -0.39 is 4.92 Å². The van der Waals surface area contributed by atoms with E-state index in [4.69, 9.17) is 9.47 Å². The number of anilines is 4. The van der Waals surface area contributed by atoms with Crippen molar-refractivity contribution >= 4 is 39.5 Å². The summed E-state index contributed by atoms with van der Waals surface area (Å²) in [4.78, 5) is 24.6. The van der Waals surface area contributed by atoms with Gasteiger partial charge in [-0.15, -0.1) is 11.3 Å². The second-order valence-electron chi connectivity index (χ2n) is 5.65. The van der Waals surface area contributed by atoms with E-state index in [0.717, 1.165) is 10.6 Å². The molecule has 2 heterocycles. The molecular weight excluding hydrogens is 384 g/mol. The predicted octanol–water partition coefficient (Wildman–Crippen LogP) is 3.96. The lowest BCUT2D eigenvalue weighted by Gasteiger charge is -2.13. The highest BCUT2D eigenvalue weighted by Gasteiger charge is 2.25.